The van der Waals surface area contributed by atoms with Gasteiger partial charge in [-0.15, -0.1) is 0 Å². The molecule has 0 aromatic heterocycles. The van der Waals surface area contributed by atoms with Crippen LogP contribution >= 0.6 is 0 Å². The van der Waals surface area contributed by atoms with E-state index in [1.807, 2.05) is 0 Å². The van der Waals surface area contributed by atoms with Crippen molar-refractivity contribution < 1.29 is 9.90 Å². The van der Waals surface area contributed by atoms with Gasteiger partial charge < -0.3 is 15.3 Å². The Kier molecular flexibility index (Phi) is 4.51. The molecule has 0 bridgehead atoms. The number of hydrogen-bond donors (Lipinski definition) is 2. The van der Waals surface area contributed by atoms with Gasteiger partial charge in [0.05, 0.1) is 0 Å². The number of carboxylic acid groups (broad SMARTS) is 1. The normalized spacial score (nSPS) is 39.8. The Bertz CT molecular complexity index is 324. The highest BCUT2D eigenvalue weighted by Crippen LogP contribution is 2.38. The van der Waals surface area contributed by atoms with Gasteiger partial charge in [-0.05, 0) is 50.6 Å². The van der Waals surface area contributed by atoms with Gasteiger partial charge in [0, 0.05) is 13.1 Å². The number of nitrogens with one attached hydrogen (secondary N) is 1. The average Bonchev–Trinajstić information content (AvgIpc) is 2.92. The van der Waals surface area contributed by atoms with Crippen LogP contribution in [0.1, 0.15) is 39.5 Å². The highest BCUT2D eigenvalue weighted by Gasteiger charge is 2.47. The monoisotopic (exact) mass is 268 g/mol. The van der Waals surface area contributed by atoms with Gasteiger partial charge in [-0.2, -0.15) is 0 Å². The van der Waals surface area contributed by atoms with E-state index in [0.717, 1.165) is 44.1 Å². The predicted molar refractivity (Wildman–Crippen MR) is 76.2 cm³/mol. The number of likely N-dealkylation sites (tertiary alicyclic amines) is 1. The summed E-state index contributed by atoms with van der Waals surface area (Å²) < 4.78 is 0. The van der Waals surface area contributed by atoms with Gasteiger partial charge in [-0.3, -0.25) is 4.79 Å². The standard InChI is InChI=1S/C15H28N2O2/c1-11-9-17(10-12(11)2)8-6-13-5-4-7-15(13,16-3)14(18)19/h11-13,16H,4-10H2,1-3H3,(H,18,19). The molecule has 4 unspecified atom stereocenters. The van der Waals surface area contributed by atoms with Crippen LogP contribution in [0.15, 0.2) is 0 Å². The molecule has 0 amide bonds. The van der Waals surface area contributed by atoms with Crippen LogP contribution in [0.5, 0.6) is 0 Å². The van der Waals surface area contributed by atoms with Crippen LogP contribution < -0.4 is 5.32 Å². The zero-order valence-corrected chi connectivity index (χ0v) is 12.5. The van der Waals surface area contributed by atoms with Crippen molar-refractivity contribution in [3.8, 4) is 0 Å². The second kappa shape index (κ2) is 5.80. The lowest BCUT2D eigenvalue weighted by Gasteiger charge is -2.32. The van der Waals surface area contributed by atoms with Crippen LogP contribution in [-0.2, 0) is 4.79 Å². The van der Waals surface area contributed by atoms with Crippen molar-refractivity contribution in [2.75, 3.05) is 26.7 Å². The first-order valence-electron chi connectivity index (χ1n) is 7.64. The number of likely N-dealkylation sites (N-methyl/N-ethyl adjacent to an activating group) is 1. The molecule has 110 valence electrons. The lowest BCUT2D eigenvalue weighted by Crippen LogP contribution is -2.53. The summed E-state index contributed by atoms with van der Waals surface area (Å²) in [6, 6.07) is 0. The summed E-state index contributed by atoms with van der Waals surface area (Å²) in [5.41, 5.74) is -0.670. The molecule has 1 saturated heterocycles. The minimum absolute atomic E-state index is 0.279. The number of nitrogens with zero attached hydrogens (tertiary/aromatic N) is 1. The molecule has 2 fully saturated rings. The lowest BCUT2D eigenvalue weighted by molar-refractivity contribution is -0.146. The molecule has 1 heterocycles. The van der Waals surface area contributed by atoms with Crippen molar-refractivity contribution >= 4 is 5.97 Å². The van der Waals surface area contributed by atoms with Crippen LogP contribution in [-0.4, -0.2) is 48.2 Å². The molecule has 0 aromatic carbocycles. The third kappa shape index (κ3) is 2.79. The minimum atomic E-state index is -0.670. The van der Waals surface area contributed by atoms with Gasteiger partial charge in [-0.1, -0.05) is 20.3 Å². The number of carbonyl (C=O) groups is 1. The second-order valence-electron chi connectivity index (χ2n) is 6.62. The van der Waals surface area contributed by atoms with Crippen molar-refractivity contribution in [3.63, 3.8) is 0 Å². The van der Waals surface area contributed by atoms with Gasteiger partial charge in [0.1, 0.15) is 5.54 Å². The maximum atomic E-state index is 11.6. The van der Waals surface area contributed by atoms with Crippen LogP contribution in [0.25, 0.3) is 0 Å². The smallest absolute Gasteiger partial charge is 0.324 e. The summed E-state index contributed by atoms with van der Waals surface area (Å²) >= 11 is 0. The molecule has 2 N–H and O–H groups in total. The Balaban J connectivity index is 1.90. The molecule has 19 heavy (non-hydrogen) atoms. The summed E-state index contributed by atoms with van der Waals surface area (Å²) in [5, 5.41) is 12.6. The first-order valence-corrected chi connectivity index (χ1v) is 7.64. The quantitative estimate of drug-likeness (QED) is 0.798. The van der Waals surface area contributed by atoms with E-state index in [1.54, 1.807) is 7.05 Å². The van der Waals surface area contributed by atoms with Crippen molar-refractivity contribution in [2.45, 2.75) is 45.1 Å². The molecule has 0 radical (unpaired) electrons. The first-order chi connectivity index (χ1) is 8.99. The van der Waals surface area contributed by atoms with E-state index in [2.05, 4.69) is 24.1 Å². The lowest BCUT2D eigenvalue weighted by atomic mass is 9.84. The maximum absolute atomic E-state index is 11.6. The molecule has 2 rings (SSSR count). The Morgan fingerprint density at radius 2 is 2.00 bits per heavy atom. The van der Waals surface area contributed by atoms with E-state index in [-0.39, 0.29) is 5.92 Å². The molecule has 0 spiro atoms. The van der Waals surface area contributed by atoms with E-state index >= 15 is 0 Å². The van der Waals surface area contributed by atoms with Gasteiger partial charge >= 0.3 is 5.97 Å². The van der Waals surface area contributed by atoms with E-state index in [0.29, 0.717) is 0 Å². The van der Waals surface area contributed by atoms with Crippen molar-refractivity contribution in [3.05, 3.63) is 0 Å². The molecule has 4 heteroatoms. The van der Waals surface area contributed by atoms with E-state index in [1.165, 1.54) is 13.1 Å². The summed E-state index contributed by atoms with van der Waals surface area (Å²) in [6.07, 6.45) is 3.86. The van der Waals surface area contributed by atoms with Gasteiger partial charge in [0.2, 0.25) is 0 Å². The molecule has 4 atom stereocenters. The van der Waals surface area contributed by atoms with Crippen molar-refractivity contribution in [1.82, 2.24) is 10.2 Å². The van der Waals surface area contributed by atoms with E-state index in [9.17, 15) is 9.90 Å². The summed E-state index contributed by atoms with van der Waals surface area (Å²) in [5.74, 6) is 1.16. The first kappa shape index (κ1) is 14.8. The molecule has 4 nitrogen and oxygen atoms in total. The van der Waals surface area contributed by atoms with Gasteiger partial charge in [-0.25, -0.2) is 0 Å². The van der Waals surface area contributed by atoms with E-state index in [4.69, 9.17) is 0 Å². The summed E-state index contributed by atoms with van der Waals surface area (Å²) in [4.78, 5) is 14.1. The molecular formula is C15H28N2O2. The Labute approximate surface area is 116 Å². The molecule has 1 aliphatic heterocycles. The number of carboxylic acids is 1. The van der Waals surface area contributed by atoms with E-state index < -0.39 is 11.5 Å². The third-order valence-electron chi connectivity index (χ3n) is 5.51. The van der Waals surface area contributed by atoms with Crippen molar-refractivity contribution in [2.24, 2.45) is 17.8 Å². The van der Waals surface area contributed by atoms with Gasteiger partial charge in [0.15, 0.2) is 0 Å². The molecule has 1 saturated carbocycles. The third-order valence-corrected chi connectivity index (χ3v) is 5.51. The number of hydrogen-bond acceptors (Lipinski definition) is 3. The fourth-order valence-electron chi connectivity index (χ4n) is 3.96. The van der Waals surface area contributed by atoms with Crippen LogP contribution in [0.3, 0.4) is 0 Å². The number of rotatable bonds is 5. The van der Waals surface area contributed by atoms with Crippen LogP contribution in [0.4, 0.5) is 0 Å². The molecule has 0 aromatic rings. The Morgan fingerprint density at radius 3 is 2.53 bits per heavy atom. The Hall–Kier alpha value is -0.610. The zero-order chi connectivity index (χ0) is 14.0. The second-order valence-corrected chi connectivity index (χ2v) is 6.62. The summed E-state index contributed by atoms with van der Waals surface area (Å²) in [6.45, 7) is 8.03. The summed E-state index contributed by atoms with van der Waals surface area (Å²) in [7, 11) is 1.80. The SMILES string of the molecule is CNC1(C(=O)O)CCCC1CCN1CC(C)C(C)C1. The minimum Gasteiger partial charge on any atom is -0.480 e. The zero-order valence-electron chi connectivity index (χ0n) is 12.5. The van der Waals surface area contributed by atoms with Crippen LogP contribution in [0.2, 0.25) is 0 Å². The topological polar surface area (TPSA) is 52.6 Å². The van der Waals surface area contributed by atoms with Crippen LogP contribution in [0, 0.1) is 17.8 Å². The maximum Gasteiger partial charge on any atom is 0.324 e. The fraction of sp³-hybridized carbons (Fsp3) is 0.933. The highest BCUT2D eigenvalue weighted by molar-refractivity contribution is 5.79. The van der Waals surface area contributed by atoms with Crippen molar-refractivity contribution in [1.29, 1.82) is 0 Å². The molecular weight excluding hydrogens is 240 g/mol. The predicted octanol–water partition coefficient (Wildman–Crippen LogP) is 1.81. The highest BCUT2D eigenvalue weighted by atomic mass is 16.4. The Morgan fingerprint density at radius 1 is 1.37 bits per heavy atom. The average molecular weight is 268 g/mol. The van der Waals surface area contributed by atoms with Gasteiger partial charge in [0.25, 0.3) is 0 Å². The fourth-order valence-corrected chi connectivity index (χ4v) is 3.96. The molecule has 2 aliphatic rings. The number of aliphatic carboxylic acids is 1. The molecule has 1 aliphatic carbocycles. The largest absolute Gasteiger partial charge is 0.480 e.